The molecular formula is C8H8ClN3S. The van der Waals surface area contributed by atoms with Gasteiger partial charge in [0.05, 0.1) is 6.20 Å². The minimum atomic E-state index is 0.650. The molecule has 0 N–H and O–H groups in total. The Hall–Kier alpha value is -0.740. The first-order chi connectivity index (χ1) is 6.40. The number of aromatic nitrogens is 3. The summed E-state index contributed by atoms with van der Waals surface area (Å²) >= 11 is 7.24. The number of nitrogens with zero attached hydrogens (tertiary/aromatic N) is 3. The van der Waals surface area contributed by atoms with Gasteiger partial charge in [0.1, 0.15) is 5.03 Å². The Bertz CT molecular complexity index is 401. The molecule has 0 radical (unpaired) electrons. The van der Waals surface area contributed by atoms with Gasteiger partial charge >= 0.3 is 0 Å². The van der Waals surface area contributed by atoms with E-state index in [-0.39, 0.29) is 0 Å². The van der Waals surface area contributed by atoms with Gasteiger partial charge in [-0.2, -0.15) is 5.10 Å². The maximum absolute atomic E-state index is 5.58. The highest BCUT2D eigenvalue weighted by atomic mass is 35.5. The molecule has 2 aromatic heterocycles. The van der Waals surface area contributed by atoms with E-state index in [4.69, 9.17) is 11.6 Å². The molecule has 2 aromatic rings. The summed E-state index contributed by atoms with van der Waals surface area (Å²) in [6.07, 6.45) is 3.64. The molecule has 2 heterocycles. The number of thioether (sulfide) groups is 1. The average Bonchev–Trinajstić information content (AvgIpc) is 2.61. The van der Waals surface area contributed by atoms with Crippen LogP contribution in [0, 0.1) is 0 Å². The molecule has 68 valence electrons. The Balaban J connectivity index is 2.26. The molecule has 13 heavy (non-hydrogen) atoms. The predicted octanol–water partition coefficient (Wildman–Crippen LogP) is 2.06. The van der Waals surface area contributed by atoms with Gasteiger partial charge in [0, 0.05) is 23.9 Å². The van der Waals surface area contributed by atoms with Crippen LogP contribution in [0.25, 0.3) is 5.65 Å². The standard InChI is InChI=1S/C8H8ClN3S/c9-3-6-13-8-2-5-12-7(11-8)1-4-10-12/h1-2,4-5H,3,6H2. The van der Waals surface area contributed by atoms with Crippen LogP contribution < -0.4 is 0 Å². The smallest absolute Gasteiger partial charge is 0.156 e. The number of rotatable bonds is 3. The van der Waals surface area contributed by atoms with Crippen LogP contribution >= 0.6 is 23.4 Å². The first-order valence-electron chi connectivity index (χ1n) is 3.89. The summed E-state index contributed by atoms with van der Waals surface area (Å²) in [6, 6.07) is 3.82. The van der Waals surface area contributed by atoms with Crippen LogP contribution in [0.1, 0.15) is 0 Å². The Morgan fingerprint density at radius 3 is 3.23 bits per heavy atom. The summed E-state index contributed by atoms with van der Waals surface area (Å²) in [5.41, 5.74) is 0.875. The molecular weight excluding hydrogens is 206 g/mol. The van der Waals surface area contributed by atoms with Crippen LogP contribution in [0.15, 0.2) is 29.6 Å². The molecule has 3 nitrogen and oxygen atoms in total. The predicted molar refractivity (Wildman–Crippen MR) is 54.4 cm³/mol. The monoisotopic (exact) mass is 213 g/mol. The molecule has 0 spiro atoms. The normalized spacial score (nSPS) is 10.8. The van der Waals surface area contributed by atoms with Crippen molar-refractivity contribution in [1.82, 2.24) is 14.6 Å². The van der Waals surface area contributed by atoms with E-state index in [9.17, 15) is 0 Å². The molecule has 0 aliphatic heterocycles. The third-order valence-electron chi connectivity index (χ3n) is 1.56. The van der Waals surface area contributed by atoms with Gasteiger partial charge < -0.3 is 0 Å². The topological polar surface area (TPSA) is 30.2 Å². The zero-order valence-electron chi connectivity index (χ0n) is 6.85. The van der Waals surface area contributed by atoms with Crippen molar-refractivity contribution in [2.45, 2.75) is 5.03 Å². The second-order valence-corrected chi connectivity index (χ2v) is 3.93. The van der Waals surface area contributed by atoms with Crippen LogP contribution in [-0.2, 0) is 0 Å². The Morgan fingerprint density at radius 2 is 2.38 bits per heavy atom. The molecule has 5 heteroatoms. The molecule has 0 fully saturated rings. The Morgan fingerprint density at radius 1 is 1.46 bits per heavy atom. The third kappa shape index (κ3) is 1.95. The Kier molecular flexibility index (Phi) is 2.71. The quantitative estimate of drug-likeness (QED) is 0.444. The van der Waals surface area contributed by atoms with E-state index < -0.39 is 0 Å². The van der Waals surface area contributed by atoms with Crippen molar-refractivity contribution in [3.8, 4) is 0 Å². The number of halogens is 1. The van der Waals surface area contributed by atoms with Crippen LogP contribution in [-0.4, -0.2) is 26.2 Å². The lowest BCUT2D eigenvalue weighted by Crippen LogP contribution is -1.91. The summed E-state index contributed by atoms with van der Waals surface area (Å²) in [4.78, 5) is 4.38. The highest BCUT2D eigenvalue weighted by molar-refractivity contribution is 7.99. The number of hydrogen-bond donors (Lipinski definition) is 0. The van der Waals surface area contributed by atoms with Crippen molar-refractivity contribution < 1.29 is 0 Å². The van der Waals surface area contributed by atoms with Gasteiger partial charge in [0.25, 0.3) is 0 Å². The van der Waals surface area contributed by atoms with E-state index in [1.807, 2.05) is 18.3 Å². The zero-order chi connectivity index (χ0) is 9.10. The summed E-state index contributed by atoms with van der Waals surface area (Å²) in [6.45, 7) is 0. The van der Waals surface area contributed by atoms with Crippen molar-refractivity contribution in [1.29, 1.82) is 0 Å². The highest BCUT2D eigenvalue weighted by Gasteiger charge is 1.98. The first kappa shape index (κ1) is 8.84. The van der Waals surface area contributed by atoms with Crippen molar-refractivity contribution in [2.24, 2.45) is 0 Å². The van der Waals surface area contributed by atoms with Gasteiger partial charge in [0.15, 0.2) is 5.65 Å². The van der Waals surface area contributed by atoms with Crippen LogP contribution in [0.4, 0.5) is 0 Å². The van der Waals surface area contributed by atoms with E-state index in [1.165, 1.54) is 0 Å². The first-order valence-corrected chi connectivity index (χ1v) is 5.41. The number of hydrogen-bond acceptors (Lipinski definition) is 3. The molecule has 0 aromatic carbocycles. The van der Waals surface area contributed by atoms with E-state index in [0.29, 0.717) is 5.88 Å². The highest BCUT2D eigenvalue weighted by Crippen LogP contribution is 2.15. The van der Waals surface area contributed by atoms with Crippen molar-refractivity contribution in [3.05, 3.63) is 24.5 Å². The van der Waals surface area contributed by atoms with Gasteiger partial charge in [-0.1, -0.05) is 0 Å². The number of fused-ring (bicyclic) bond motifs is 1. The molecule has 0 saturated carbocycles. The van der Waals surface area contributed by atoms with Crippen LogP contribution in [0.3, 0.4) is 0 Å². The second kappa shape index (κ2) is 3.98. The molecule has 0 saturated heterocycles. The van der Waals surface area contributed by atoms with E-state index in [2.05, 4.69) is 10.1 Å². The lowest BCUT2D eigenvalue weighted by molar-refractivity contribution is 0.915. The molecule has 0 amide bonds. The van der Waals surface area contributed by atoms with Gasteiger partial charge in [-0.25, -0.2) is 9.50 Å². The minimum Gasteiger partial charge on any atom is -0.223 e. The molecule has 0 bridgehead atoms. The van der Waals surface area contributed by atoms with Crippen LogP contribution in [0.5, 0.6) is 0 Å². The summed E-state index contributed by atoms with van der Waals surface area (Å²) in [5, 5.41) is 5.05. The fourth-order valence-electron chi connectivity index (χ4n) is 1.02. The van der Waals surface area contributed by atoms with Crippen molar-refractivity contribution >= 4 is 29.0 Å². The summed E-state index contributed by atoms with van der Waals surface area (Å²) in [5.74, 6) is 1.54. The molecule has 2 rings (SSSR count). The van der Waals surface area contributed by atoms with Crippen molar-refractivity contribution in [3.63, 3.8) is 0 Å². The van der Waals surface area contributed by atoms with Gasteiger partial charge in [-0.15, -0.1) is 23.4 Å². The lowest BCUT2D eigenvalue weighted by Gasteiger charge is -1.98. The largest absolute Gasteiger partial charge is 0.223 e. The van der Waals surface area contributed by atoms with Crippen molar-refractivity contribution in [2.75, 3.05) is 11.6 Å². The maximum Gasteiger partial charge on any atom is 0.156 e. The fraction of sp³-hybridized carbons (Fsp3) is 0.250. The maximum atomic E-state index is 5.58. The average molecular weight is 214 g/mol. The molecule has 0 unspecified atom stereocenters. The number of alkyl halides is 1. The lowest BCUT2D eigenvalue weighted by atomic mass is 10.6. The fourth-order valence-corrected chi connectivity index (χ4v) is 1.85. The molecule has 0 aliphatic carbocycles. The van der Waals surface area contributed by atoms with Crippen LogP contribution in [0.2, 0.25) is 0 Å². The SMILES string of the molecule is ClCCSc1ccn2nccc2n1. The second-order valence-electron chi connectivity index (χ2n) is 2.44. The zero-order valence-corrected chi connectivity index (χ0v) is 8.42. The van der Waals surface area contributed by atoms with E-state index in [1.54, 1.807) is 22.5 Å². The summed E-state index contributed by atoms with van der Waals surface area (Å²) < 4.78 is 1.74. The summed E-state index contributed by atoms with van der Waals surface area (Å²) in [7, 11) is 0. The molecule has 0 atom stereocenters. The Labute approximate surface area is 85.1 Å². The van der Waals surface area contributed by atoms with E-state index in [0.717, 1.165) is 16.4 Å². The van der Waals surface area contributed by atoms with Gasteiger partial charge in [-0.3, -0.25) is 0 Å². The van der Waals surface area contributed by atoms with Gasteiger partial charge in [0.2, 0.25) is 0 Å². The third-order valence-corrected chi connectivity index (χ3v) is 2.90. The van der Waals surface area contributed by atoms with E-state index >= 15 is 0 Å². The molecule has 0 aliphatic rings. The minimum absolute atomic E-state index is 0.650. The van der Waals surface area contributed by atoms with Gasteiger partial charge in [-0.05, 0) is 6.07 Å².